The van der Waals surface area contributed by atoms with Crippen molar-refractivity contribution in [1.29, 1.82) is 0 Å². The number of hydrogen-bond donors (Lipinski definition) is 1. The van der Waals surface area contributed by atoms with Crippen molar-refractivity contribution in [3.8, 4) is 0 Å². The van der Waals surface area contributed by atoms with E-state index in [-0.39, 0.29) is 24.5 Å². The molecule has 3 rings (SSSR count). The second-order valence-electron chi connectivity index (χ2n) is 7.13. The minimum absolute atomic E-state index is 0.0824. The second-order valence-corrected chi connectivity index (χ2v) is 7.13. The molecule has 0 bridgehead atoms. The molecule has 0 aromatic heterocycles. The van der Waals surface area contributed by atoms with E-state index in [1.165, 1.54) is 11.1 Å². The van der Waals surface area contributed by atoms with Gasteiger partial charge in [-0.05, 0) is 24.0 Å². The van der Waals surface area contributed by atoms with E-state index >= 15 is 0 Å². The number of piperidine rings is 1. The van der Waals surface area contributed by atoms with Crippen LogP contribution in [-0.4, -0.2) is 45.3 Å². The van der Waals surface area contributed by atoms with Gasteiger partial charge >= 0.3 is 0 Å². The van der Waals surface area contributed by atoms with Gasteiger partial charge in [-0.15, -0.1) is 0 Å². The normalized spacial score (nSPS) is 22.5. The third-order valence-corrected chi connectivity index (χ3v) is 5.15. The van der Waals surface area contributed by atoms with Gasteiger partial charge in [-0.3, -0.25) is 0 Å². The van der Waals surface area contributed by atoms with Crippen molar-refractivity contribution in [2.45, 2.75) is 50.5 Å². The van der Waals surface area contributed by atoms with E-state index in [1.54, 1.807) is 14.2 Å². The largest absolute Gasteiger partial charge is 0.375 e. The van der Waals surface area contributed by atoms with Crippen LogP contribution in [0.1, 0.15) is 24.0 Å². The number of hydrogen-bond acceptors (Lipinski definition) is 5. The summed E-state index contributed by atoms with van der Waals surface area (Å²) >= 11 is 0. The molecule has 0 amide bonds. The third kappa shape index (κ3) is 6.12. The number of methoxy groups -OCH3 is 2. The minimum atomic E-state index is -0.272. The van der Waals surface area contributed by atoms with Crippen LogP contribution >= 0.6 is 0 Å². The summed E-state index contributed by atoms with van der Waals surface area (Å²) in [6, 6.07) is 20.7. The molecule has 5 heteroatoms. The van der Waals surface area contributed by atoms with Gasteiger partial charge in [0.25, 0.3) is 0 Å². The van der Waals surface area contributed by atoms with Gasteiger partial charge in [0.1, 0.15) is 0 Å². The quantitative estimate of drug-likeness (QED) is 0.634. The SMILES string of the molecule is COC(OC)C1CC[C@H](OCc2ccccc2)[C@@H](COCc2ccccc2)N1. The van der Waals surface area contributed by atoms with Crippen molar-refractivity contribution in [3.05, 3.63) is 71.8 Å². The van der Waals surface area contributed by atoms with E-state index in [2.05, 4.69) is 29.6 Å². The first-order valence-electron chi connectivity index (χ1n) is 9.89. The summed E-state index contributed by atoms with van der Waals surface area (Å²) in [5.74, 6) is 0. The van der Waals surface area contributed by atoms with Gasteiger partial charge in [-0.2, -0.15) is 0 Å². The Balaban J connectivity index is 1.57. The van der Waals surface area contributed by atoms with Crippen LogP contribution in [0.25, 0.3) is 0 Å². The van der Waals surface area contributed by atoms with Gasteiger partial charge in [-0.1, -0.05) is 60.7 Å². The molecule has 0 spiro atoms. The Bertz CT molecular complexity index is 663. The lowest BCUT2D eigenvalue weighted by atomic mass is 9.95. The van der Waals surface area contributed by atoms with E-state index in [9.17, 15) is 0 Å². The molecule has 0 saturated carbocycles. The molecule has 1 N–H and O–H groups in total. The van der Waals surface area contributed by atoms with Gasteiger partial charge in [0.15, 0.2) is 6.29 Å². The lowest BCUT2D eigenvalue weighted by molar-refractivity contribution is -0.142. The maximum absolute atomic E-state index is 6.26. The smallest absolute Gasteiger partial charge is 0.171 e. The Morgan fingerprint density at radius 3 is 2.07 bits per heavy atom. The van der Waals surface area contributed by atoms with Crippen LogP contribution in [0.4, 0.5) is 0 Å². The van der Waals surface area contributed by atoms with Crippen molar-refractivity contribution < 1.29 is 18.9 Å². The van der Waals surface area contributed by atoms with E-state index in [4.69, 9.17) is 18.9 Å². The first kappa shape index (κ1) is 21.0. The third-order valence-electron chi connectivity index (χ3n) is 5.15. The van der Waals surface area contributed by atoms with Gasteiger partial charge in [0.05, 0.1) is 38.0 Å². The summed E-state index contributed by atoms with van der Waals surface area (Å²) < 4.78 is 23.2. The molecule has 28 heavy (non-hydrogen) atoms. The lowest BCUT2D eigenvalue weighted by Crippen LogP contribution is -2.57. The van der Waals surface area contributed by atoms with E-state index in [1.807, 2.05) is 36.4 Å². The average molecular weight is 386 g/mol. The Labute approximate surface area is 168 Å². The van der Waals surface area contributed by atoms with Crippen LogP contribution in [-0.2, 0) is 32.2 Å². The summed E-state index contributed by atoms with van der Waals surface area (Å²) in [5.41, 5.74) is 2.35. The zero-order valence-electron chi connectivity index (χ0n) is 16.8. The Hall–Kier alpha value is -1.76. The summed E-state index contributed by atoms with van der Waals surface area (Å²) in [6.07, 6.45) is 1.68. The van der Waals surface area contributed by atoms with Gasteiger partial charge < -0.3 is 24.3 Å². The molecular formula is C23H31NO4. The predicted octanol–water partition coefficient (Wildman–Crippen LogP) is 3.53. The molecule has 2 aromatic rings. The van der Waals surface area contributed by atoms with Crippen LogP contribution in [0.5, 0.6) is 0 Å². The van der Waals surface area contributed by atoms with Crippen molar-refractivity contribution in [2.24, 2.45) is 0 Å². The molecule has 3 atom stereocenters. The van der Waals surface area contributed by atoms with E-state index in [0.29, 0.717) is 19.8 Å². The van der Waals surface area contributed by atoms with Crippen molar-refractivity contribution >= 4 is 0 Å². The molecule has 1 saturated heterocycles. The highest BCUT2D eigenvalue weighted by atomic mass is 16.7. The molecule has 2 aromatic carbocycles. The van der Waals surface area contributed by atoms with Crippen LogP contribution < -0.4 is 5.32 Å². The predicted molar refractivity (Wildman–Crippen MR) is 109 cm³/mol. The maximum Gasteiger partial charge on any atom is 0.171 e. The molecular weight excluding hydrogens is 354 g/mol. The fraction of sp³-hybridized carbons (Fsp3) is 0.478. The summed E-state index contributed by atoms with van der Waals surface area (Å²) in [6.45, 7) is 1.77. The highest BCUT2D eigenvalue weighted by Gasteiger charge is 2.34. The molecule has 1 unspecified atom stereocenters. The van der Waals surface area contributed by atoms with Gasteiger partial charge in [0, 0.05) is 14.2 Å². The summed E-state index contributed by atoms with van der Waals surface area (Å²) in [5, 5.41) is 3.63. The van der Waals surface area contributed by atoms with Crippen LogP contribution in [0.2, 0.25) is 0 Å². The molecule has 152 valence electrons. The number of benzene rings is 2. The Kier molecular flexibility index (Phi) is 8.45. The zero-order valence-corrected chi connectivity index (χ0v) is 16.8. The molecule has 1 aliphatic rings. The van der Waals surface area contributed by atoms with Gasteiger partial charge in [-0.25, -0.2) is 0 Å². The van der Waals surface area contributed by atoms with E-state index < -0.39 is 0 Å². The van der Waals surface area contributed by atoms with Gasteiger partial charge in [0.2, 0.25) is 0 Å². The van der Waals surface area contributed by atoms with E-state index in [0.717, 1.165) is 12.8 Å². The molecule has 1 fully saturated rings. The van der Waals surface area contributed by atoms with Crippen molar-refractivity contribution in [2.75, 3.05) is 20.8 Å². The highest BCUT2D eigenvalue weighted by molar-refractivity contribution is 5.14. The second kappa shape index (κ2) is 11.3. The average Bonchev–Trinajstić information content (AvgIpc) is 2.75. The molecule has 0 radical (unpaired) electrons. The minimum Gasteiger partial charge on any atom is -0.375 e. The number of ether oxygens (including phenoxy) is 4. The number of rotatable bonds is 10. The fourth-order valence-electron chi connectivity index (χ4n) is 3.66. The maximum atomic E-state index is 6.26. The van der Waals surface area contributed by atoms with Crippen molar-refractivity contribution in [1.82, 2.24) is 5.32 Å². The standard InChI is InChI=1S/C23H31NO4/c1-25-23(26-2)20-13-14-22(28-16-19-11-7-4-8-12-19)21(24-20)17-27-15-18-9-5-3-6-10-18/h3-12,20-24H,13-17H2,1-2H3/t20?,21-,22+/m1/s1. The summed E-state index contributed by atoms with van der Waals surface area (Å²) in [7, 11) is 3.35. The Morgan fingerprint density at radius 1 is 0.857 bits per heavy atom. The van der Waals surface area contributed by atoms with Crippen LogP contribution in [0, 0.1) is 0 Å². The monoisotopic (exact) mass is 385 g/mol. The summed E-state index contributed by atoms with van der Waals surface area (Å²) in [4.78, 5) is 0. The topological polar surface area (TPSA) is 49.0 Å². The first-order valence-corrected chi connectivity index (χ1v) is 9.89. The molecule has 5 nitrogen and oxygen atoms in total. The molecule has 1 heterocycles. The molecule has 0 aliphatic carbocycles. The molecule has 1 aliphatic heterocycles. The Morgan fingerprint density at radius 2 is 1.46 bits per heavy atom. The van der Waals surface area contributed by atoms with Crippen LogP contribution in [0.15, 0.2) is 60.7 Å². The zero-order chi connectivity index (χ0) is 19.6. The lowest BCUT2D eigenvalue weighted by Gasteiger charge is -2.39. The number of nitrogens with one attached hydrogen (secondary N) is 1. The highest BCUT2D eigenvalue weighted by Crippen LogP contribution is 2.22. The van der Waals surface area contributed by atoms with Crippen molar-refractivity contribution in [3.63, 3.8) is 0 Å². The van der Waals surface area contributed by atoms with Crippen LogP contribution in [0.3, 0.4) is 0 Å². The fourth-order valence-corrected chi connectivity index (χ4v) is 3.66. The first-order chi connectivity index (χ1) is 13.8.